The molecule has 0 aliphatic rings. The van der Waals surface area contributed by atoms with Gasteiger partial charge < -0.3 is 14.8 Å². The van der Waals surface area contributed by atoms with Gasteiger partial charge in [-0.05, 0) is 43.4 Å². The van der Waals surface area contributed by atoms with Gasteiger partial charge in [-0.25, -0.2) is 14.3 Å². The average molecular weight is 405 g/mol. The first-order valence-corrected chi connectivity index (χ1v) is 9.41. The number of H-pyrrole nitrogens is 1. The van der Waals surface area contributed by atoms with Gasteiger partial charge in [-0.1, -0.05) is 13.5 Å². The lowest BCUT2D eigenvalue weighted by molar-refractivity contribution is 0.379. The fraction of sp³-hybridized carbons (Fsp3) is 0.333. The van der Waals surface area contributed by atoms with Gasteiger partial charge in [0.05, 0.1) is 6.54 Å². The van der Waals surface area contributed by atoms with E-state index in [1.807, 2.05) is 6.20 Å². The summed E-state index contributed by atoms with van der Waals surface area (Å²) >= 11 is 0. The molecule has 0 atom stereocenters. The highest BCUT2D eigenvalue weighted by molar-refractivity contribution is 7.42. The molecule has 3 N–H and O–H groups in total. The lowest BCUT2D eigenvalue weighted by atomic mass is 10.1. The second kappa shape index (κ2) is 12.1. The standard InChI is InChI=1S/C14H18N5O2P.C3H6N2.CH4/c1-18(22(20)21)5-4-12-7-16-14-3-2-11(6-13(12)14)8-19-10-15-9-17-19;1-4-3-5-2;/h2-3,6-7,9-10,16,20-21H,4-5,8H2,1H3;3H,1H2,2H3;1H4. The molecule has 1 aromatic carbocycles. The third kappa shape index (κ3) is 6.94. The Hall–Kier alpha value is -2.45. The molecule has 0 saturated carbocycles. The summed E-state index contributed by atoms with van der Waals surface area (Å²) in [5.41, 5.74) is 3.40. The van der Waals surface area contributed by atoms with Crippen molar-refractivity contribution in [3.63, 3.8) is 0 Å². The van der Waals surface area contributed by atoms with E-state index in [1.54, 1.807) is 29.8 Å². The number of hydrogen-bond acceptors (Lipinski definition) is 6. The van der Waals surface area contributed by atoms with Gasteiger partial charge in [-0.3, -0.25) is 9.98 Å². The molecule has 0 unspecified atom stereocenters. The van der Waals surface area contributed by atoms with Crippen molar-refractivity contribution in [1.29, 1.82) is 0 Å². The maximum Gasteiger partial charge on any atom is 0.252 e. The molecule has 2 aromatic heterocycles. The first-order valence-electron chi connectivity index (χ1n) is 8.21. The van der Waals surface area contributed by atoms with Crippen molar-refractivity contribution in [3.8, 4) is 0 Å². The Morgan fingerprint density at radius 2 is 2.18 bits per heavy atom. The van der Waals surface area contributed by atoms with Gasteiger partial charge in [-0.15, -0.1) is 0 Å². The van der Waals surface area contributed by atoms with Crippen molar-refractivity contribution < 1.29 is 9.79 Å². The highest BCUT2D eigenvalue weighted by Crippen LogP contribution is 2.28. The smallest absolute Gasteiger partial charge is 0.252 e. The molecule has 0 bridgehead atoms. The van der Waals surface area contributed by atoms with E-state index in [4.69, 9.17) is 0 Å². The summed E-state index contributed by atoms with van der Waals surface area (Å²) < 4.78 is 3.33. The first kappa shape index (κ1) is 23.6. The first-order chi connectivity index (χ1) is 13.0. The summed E-state index contributed by atoms with van der Waals surface area (Å²) in [6.45, 7) is 4.43. The Morgan fingerprint density at radius 1 is 1.39 bits per heavy atom. The van der Waals surface area contributed by atoms with E-state index in [0.29, 0.717) is 13.1 Å². The summed E-state index contributed by atoms with van der Waals surface area (Å²) in [5, 5.41) is 5.28. The Balaban J connectivity index is 0.000000584. The molecule has 152 valence electrons. The van der Waals surface area contributed by atoms with Crippen LogP contribution in [0.3, 0.4) is 0 Å². The van der Waals surface area contributed by atoms with Crippen LogP contribution in [0.15, 0.2) is 47.0 Å². The Bertz CT molecular complexity index is 862. The van der Waals surface area contributed by atoms with Crippen LogP contribution in [-0.2, 0) is 13.0 Å². The fourth-order valence-electron chi connectivity index (χ4n) is 2.49. The van der Waals surface area contributed by atoms with E-state index in [1.165, 1.54) is 18.2 Å². The van der Waals surface area contributed by atoms with Gasteiger partial charge in [0.2, 0.25) is 0 Å². The number of nitrogens with one attached hydrogen (secondary N) is 1. The molecular formula is C18H28N7O2P. The molecule has 2 heterocycles. The maximum absolute atomic E-state index is 9.17. The van der Waals surface area contributed by atoms with Crippen LogP contribution in [0.2, 0.25) is 0 Å². The van der Waals surface area contributed by atoms with Gasteiger partial charge >= 0.3 is 0 Å². The molecule has 0 radical (unpaired) electrons. The zero-order chi connectivity index (χ0) is 19.6. The maximum atomic E-state index is 9.17. The Kier molecular flexibility index (Phi) is 10.2. The third-order valence-corrected chi connectivity index (χ3v) is 4.66. The van der Waals surface area contributed by atoms with E-state index in [0.717, 1.165) is 22.9 Å². The quantitative estimate of drug-likeness (QED) is 0.317. The van der Waals surface area contributed by atoms with Crippen LogP contribution >= 0.6 is 8.53 Å². The number of aliphatic imine (C=N–C) groups is 2. The second-order valence-corrected chi connectivity index (χ2v) is 6.96. The lowest BCUT2D eigenvalue weighted by Crippen LogP contribution is -2.14. The van der Waals surface area contributed by atoms with Crippen molar-refractivity contribution in [2.24, 2.45) is 9.98 Å². The van der Waals surface area contributed by atoms with E-state index < -0.39 is 8.53 Å². The number of hydrogen-bond donors (Lipinski definition) is 3. The summed E-state index contributed by atoms with van der Waals surface area (Å²) in [6, 6.07) is 6.26. The normalized spacial score (nSPS) is 10.9. The van der Waals surface area contributed by atoms with Crippen LogP contribution in [0, 0.1) is 0 Å². The predicted octanol–water partition coefficient (Wildman–Crippen LogP) is 2.47. The molecule has 28 heavy (non-hydrogen) atoms. The molecule has 0 fully saturated rings. The molecular weight excluding hydrogens is 377 g/mol. The molecule has 3 aromatic rings. The average Bonchev–Trinajstić information content (AvgIpc) is 3.30. The number of fused-ring (bicyclic) bond motifs is 1. The zero-order valence-corrected chi connectivity index (χ0v) is 16.3. The van der Waals surface area contributed by atoms with Crippen molar-refractivity contribution in [2.45, 2.75) is 20.4 Å². The van der Waals surface area contributed by atoms with Gasteiger partial charge in [0.15, 0.2) is 0 Å². The fourth-order valence-corrected chi connectivity index (χ4v) is 2.76. The highest BCUT2D eigenvalue weighted by Gasteiger charge is 2.10. The summed E-state index contributed by atoms with van der Waals surface area (Å²) in [5.74, 6) is 0. The van der Waals surface area contributed by atoms with Crippen LogP contribution in [0.5, 0.6) is 0 Å². The summed E-state index contributed by atoms with van der Waals surface area (Å²) in [7, 11) is 1.34. The van der Waals surface area contributed by atoms with Crippen molar-refractivity contribution in [2.75, 3.05) is 20.6 Å². The molecule has 3 rings (SSSR count). The molecule has 10 heteroatoms. The molecule has 0 aliphatic carbocycles. The van der Waals surface area contributed by atoms with E-state index in [-0.39, 0.29) is 7.43 Å². The molecule has 9 nitrogen and oxygen atoms in total. The van der Waals surface area contributed by atoms with Crippen molar-refractivity contribution in [1.82, 2.24) is 24.4 Å². The van der Waals surface area contributed by atoms with Crippen LogP contribution in [0.25, 0.3) is 10.9 Å². The van der Waals surface area contributed by atoms with Crippen molar-refractivity contribution in [3.05, 3.63) is 48.2 Å². The summed E-state index contributed by atoms with van der Waals surface area (Å²) in [4.78, 5) is 32.4. The molecule has 0 spiro atoms. The van der Waals surface area contributed by atoms with Crippen LogP contribution in [0.4, 0.5) is 0 Å². The minimum atomic E-state index is -2.02. The monoisotopic (exact) mass is 405 g/mol. The van der Waals surface area contributed by atoms with Crippen LogP contribution < -0.4 is 0 Å². The summed E-state index contributed by atoms with van der Waals surface area (Å²) in [6.07, 6.45) is 7.35. The highest BCUT2D eigenvalue weighted by atomic mass is 31.2. The largest absolute Gasteiger partial charge is 0.361 e. The van der Waals surface area contributed by atoms with E-state index >= 15 is 0 Å². The number of benzene rings is 1. The number of rotatable bonds is 7. The second-order valence-electron chi connectivity index (χ2n) is 5.74. The molecule has 0 aliphatic heterocycles. The molecule has 0 saturated heterocycles. The van der Waals surface area contributed by atoms with Gasteiger partial charge in [0.1, 0.15) is 19.0 Å². The van der Waals surface area contributed by atoms with Gasteiger partial charge in [0, 0.05) is 30.7 Å². The SMILES string of the molecule is C.C=NC=NC.CN(CCc1c[nH]c2ccc(Cn3cncn3)cc12)P(O)O. The lowest BCUT2D eigenvalue weighted by Gasteiger charge is -2.16. The predicted molar refractivity (Wildman–Crippen MR) is 116 cm³/mol. The number of aromatic amines is 1. The number of nitrogens with zero attached hydrogens (tertiary/aromatic N) is 6. The topological polar surface area (TPSA) is 115 Å². The minimum absolute atomic E-state index is 0. The van der Waals surface area contributed by atoms with Gasteiger partial charge in [0.25, 0.3) is 8.53 Å². The molecule has 0 amide bonds. The number of aromatic nitrogens is 4. The van der Waals surface area contributed by atoms with E-state index in [2.05, 4.69) is 50.0 Å². The Labute approximate surface area is 166 Å². The third-order valence-electron chi connectivity index (χ3n) is 3.85. The van der Waals surface area contributed by atoms with E-state index in [9.17, 15) is 9.79 Å². The van der Waals surface area contributed by atoms with Crippen LogP contribution in [0.1, 0.15) is 18.6 Å². The van der Waals surface area contributed by atoms with Crippen molar-refractivity contribution >= 4 is 32.5 Å². The van der Waals surface area contributed by atoms with Gasteiger partial charge in [-0.2, -0.15) is 5.10 Å². The zero-order valence-electron chi connectivity index (χ0n) is 15.4. The number of likely N-dealkylation sites (N-methyl/N-ethyl adjacent to an activating group) is 1. The Morgan fingerprint density at radius 3 is 2.75 bits per heavy atom. The van der Waals surface area contributed by atoms with Crippen LogP contribution in [-0.4, -0.2) is 67.9 Å². The minimum Gasteiger partial charge on any atom is -0.361 e.